The number of hydrogen-bond donors (Lipinski definition) is 1. The Morgan fingerprint density at radius 2 is 1.96 bits per heavy atom. The molecule has 144 valence electrons. The normalized spacial score (nSPS) is 15.3. The summed E-state index contributed by atoms with van der Waals surface area (Å²) in [5.41, 5.74) is 2.35. The van der Waals surface area contributed by atoms with Crippen LogP contribution >= 0.6 is 0 Å². The van der Waals surface area contributed by atoms with E-state index >= 15 is 0 Å². The van der Waals surface area contributed by atoms with Gasteiger partial charge >= 0.3 is 0 Å². The van der Waals surface area contributed by atoms with Crippen LogP contribution in [0.25, 0.3) is 0 Å². The Labute approximate surface area is 165 Å². The number of likely N-dealkylation sites (tertiary alicyclic amines) is 1. The van der Waals surface area contributed by atoms with Crippen molar-refractivity contribution in [2.45, 2.75) is 25.3 Å². The summed E-state index contributed by atoms with van der Waals surface area (Å²) in [5, 5.41) is 3.23. The predicted molar refractivity (Wildman–Crippen MR) is 110 cm³/mol. The molecule has 2 aromatic heterocycles. The SMILES string of the molecule is COc1cccc(CN2CCC(c3cncc(Nc4ccccn4)n3)CC2)c1. The number of pyridine rings is 1. The van der Waals surface area contributed by atoms with Gasteiger partial charge in [-0.25, -0.2) is 9.97 Å². The first kappa shape index (κ1) is 18.4. The summed E-state index contributed by atoms with van der Waals surface area (Å²) < 4.78 is 5.33. The van der Waals surface area contributed by atoms with Gasteiger partial charge in [0.05, 0.1) is 19.0 Å². The Bertz CT molecular complexity index is 894. The zero-order valence-electron chi connectivity index (χ0n) is 16.1. The van der Waals surface area contributed by atoms with Crippen molar-refractivity contribution < 1.29 is 4.74 Å². The summed E-state index contributed by atoms with van der Waals surface area (Å²) in [6.07, 6.45) is 7.58. The second-order valence-corrected chi connectivity index (χ2v) is 7.07. The fourth-order valence-corrected chi connectivity index (χ4v) is 3.62. The van der Waals surface area contributed by atoms with Gasteiger partial charge in [-0.3, -0.25) is 9.88 Å². The molecule has 6 heteroatoms. The summed E-state index contributed by atoms with van der Waals surface area (Å²) in [5.74, 6) is 2.89. The molecule has 3 heterocycles. The molecule has 1 aliphatic heterocycles. The van der Waals surface area contributed by atoms with Crippen molar-refractivity contribution in [1.82, 2.24) is 19.9 Å². The summed E-state index contributed by atoms with van der Waals surface area (Å²) >= 11 is 0. The lowest BCUT2D eigenvalue weighted by Crippen LogP contribution is -2.32. The number of rotatable bonds is 6. The van der Waals surface area contributed by atoms with Gasteiger partial charge in [0.25, 0.3) is 0 Å². The van der Waals surface area contributed by atoms with Crippen LogP contribution in [-0.4, -0.2) is 40.1 Å². The van der Waals surface area contributed by atoms with E-state index in [0.29, 0.717) is 5.92 Å². The van der Waals surface area contributed by atoms with Gasteiger partial charge in [0, 0.05) is 24.9 Å². The smallest absolute Gasteiger partial charge is 0.150 e. The molecule has 0 bridgehead atoms. The molecule has 1 aliphatic rings. The highest BCUT2D eigenvalue weighted by Gasteiger charge is 2.22. The average Bonchev–Trinajstić information content (AvgIpc) is 2.75. The van der Waals surface area contributed by atoms with E-state index in [4.69, 9.17) is 9.72 Å². The minimum Gasteiger partial charge on any atom is -0.497 e. The second kappa shape index (κ2) is 8.80. The lowest BCUT2D eigenvalue weighted by atomic mass is 9.93. The van der Waals surface area contributed by atoms with Crippen LogP contribution in [0.15, 0.2) is 61.1 Å². The molecular weight excluding hydrogens is 350 g/mol. The molecule has 28 heavy (non-hydrogen) atoms. The molecule has 4 rings (SSSR count). The maximum atomic E-state index is 5.33. The number of aromatic nitrogens is 3. The van der Waals surface area contributed by atoms with Crippen LogP contribution in [0.1, 0.15) is 30.0 Å². The molecule has 0 atom stereocenters. The summed E-state index contributed by atoms with van der Waals surface area (Å²) in [6, 6.07) is 14.1. The molecule has 1 fully saturated rings. The molecule has 1 aromatic carbocycles. The highest BCUT2D eigenvalue weighted by molar-refractivity contribution is 5.50. The van der Waals surface area contributed by atoms with Crippen molar-refractivity contribution in [3.05, 3.63) is 72.3 Å². The van der Waals surface area contributed by atoms with Gasteiger partial charge in [-0.1, -0.05) is 18.2 Å². The third-order valence-corrected chi connectivity index (χ3v) is 5.12. The molecule has 0 spiro atoms. The van der Waals surface area contributed by atoms with Crippen LogP contribution < -0.4 is 10.1 Å². The van der Waals surface area contributed by atoms with Gasteiger partial charge in [0.2, 0.25) is 0 Å². The number of anilines is 2. The Hall–Kier alpha value is -2.99. The average molecular weight is 375 g/mol. The van der Waals surface area contributed by atoms with E-state index in [-0.39, 0.29) is 0 Å². The molecule has 0 saturated carbocycles. The number of methoxy groups -OCH3 is 1. The van der Waals surface area contributed by atoms with Crippen molar-refractivity contribution in [2.24, 2.45) is 0 Å². The number of benzene rings is 1. The monoisotopic (exact) mass is 375 g/mol. The molecule has 1 N–H and O–H groups in total. The fraction of sp³-hybridized carbons (Fsp3) is 0.318. The van der Waals surface area contributed by atoms with E-state index in [1.165, 1.54) is 5.56 Å². The fourth-order valence-electron chi connectivity index (χ4n) is 3.62. The summed E-state index contributed by atoms with van der Waals surface area (Å²) in [4.78, 5) is 15.9. The minimum atomic E-state index is 0.444. The molecule has 6 nitrogen and oxygen atoms in total. The van der Waals surface area contributed by atoms with E-state index in [1.807, 2.05) is 30.5 Å². The van der Waals surface area contributed by atoms with Gasteiger partial charge in [-0.05, 0) is 55.8 Å². The van der Waals surface area contributed by atoms with Crippen LogP contribution in [0.4, 0.5) is 11.6 Å². The minimum absolute atomic E-state index is 0.444. The first-order valence-corrected chi connectivity index (χ1v) is 9.65. The van der Waals surface area contributed by atoms with Crippen LogP contribution in [0, 0.1) is 0 Å². The Balaban J connectivity index is 1.35. The van der Waals surface area contributed by atoms with E-state index in [1.54, 1.807) is 19.5 Å². The zero-order chi connectivity index (χ0) is 19.2. The molecule has 0 aliphatic carbocycles. The van der Waals surface area contributed by atoms with Crippen molar-refractivity contribution in [2.75, 3.05) is 25.5 Å². The molecule has 3 aromatic rings. The van der Waals surface area contributed by atoms with Crippen LogP contribution in [0.5, 0.6) is 5.75 Å². The first-order valence-electron chi connectivity index (χ1n) is 9.65. The van der Waals surface area contributed by atoms with Crippen molar-refractivity contribution in [3.8, 4) is 5.75 Å². The zero-order valence-corrected chi connectivity index (χ0v) is 16.1. The number of hydrogen-bond acceptors (Lipinski definition) is 6. The number of nitrogens with one attached hydrogen (secondary N) is 1. The topological polar surface area (TPSA) is 63.2 Å². The molecule has 0 amide bonds. The number of piperidine rings is 1. The van der Waals surface area contributed by atoms with Crippen LogP contribution in [0.2, 0.25) is 0 Å². The third kappa shape index (κ3) is 4.64. The van der Waals surface area contributed by atoms with E-state index in [9.17, 15) is 0 Å². The van der Waals surface area contributed by atoms with Crippen molar-refractivity contribution in [1.29, 1.82) is 0 Å². The molecule has 0 unspecified atom stereocenters. The quantitative estimate of drug-likeness (QED) is 0.702. The third-order valence-electron chi connectivity index (χ3n) is 5.12. The largest absolute Gasteiger partial charge is 0.497 e. The number of ether oxygens (including phenoxy) is 1. The van der Waals surface area contributed by atoms with Crippen LogP contribution in [0.3, 0.4) is 0 Å². The molecular formula is C22H25N5O. The van der Waals surface area contributed by atoms with E-state index in [0.717, 1.165) is 55.6 Å². The lowest BCUT2D eigenvalue weighted by molar-refractivity contribution is 0.203. The van der Waals surface area contributed by atoms with Crippen LogP contribution in [-0.2, 0) is 6.54 Å². The van der Waals surface area contributed by atoms with Gasteiger partial charge in [0.1, 0.15) is 17.4 Å². The van der Waals surface area contributed by atoms with Gasteiger partial charge in [-0.15, -0.1) is 0 Å². The summed E-state index contributed by atoms with van der Waals surface area (Å²) in [6.45, 7) is 3.07. The van der Waals surface area contributed by atoms with E-state index < -0.39 is 0 Å². The Morgan fingerprint density at radius 1 is 1.07 bits per heavy atom. The van der Waals surface area contributed by atoms with E-state index in [2.05, 4.69) is 38.4 Å². The van der Waals surface area contributed by atoms with Crippen molar-refractivity contribution in [3.63, 3.8) is 0 Å². The van der Waals surface area contributed by atoms with Crippen molar-refractivity contribution >= 4 is 11.6 Å². The molecule has 0 radical (unpaired) electrons. The van der Waals surface area contributed by atoms with Gasteiger partial charge in [-0.2, -0.15) is 0 Å². The highest BCUT2D eigenvalue weighted by Crippen LogP contribution is 2.28. The standard InChI is InChI=1S/C22H25N5O/c1-28-19-6-4-5-17(13-19)16-27-11-8-18(9-12-27)20-14-23-15-22(25-20)26-21-7-2-3-10-24-21/h2-7,10,13-15,18H,8-9,11-12,16H2,1H3,(H,24,25,26). The van der Waals surface area contributed by atoms with Gasteiger partial charge in [0.15, 0.2) is 0 Å². The highest BCUT2D eigenvalue weighted by atomic mass is 16.5. The predicted octanol–water partition coefficient (Wildman–Crippen LogP) is 4.00. The maximum Gasteiger partial charge on any atom is 0.150 e. The second-order valence-electron chi connectivity index (χ2n) is 7.07. The maximum absolute atomic E-state index is 5.33. The Morgan fingerprint density at radius 3 is 2.75 bits per heavy atom. The number of nitrogens with zero attached hydrogens (tertiary/aromatic N) is 4. The molecule has 1 saturated heterocycles. The first-order chi connectivity index (χ1) is 13.8. The lowest BCUT2D eigenvalue weighted by Gasteiger charge is -2.31. The Kier molecular flexibility index (Phi) is 5.77. The van der Waals surface area contributed by atoms with Gasteiger partial charge < -0.3 is 10.1 Å². The summed E-state index contributed by atoms with van der Waals surface area (Å²) in [7, 11) is 1.71.